The minimum absolute atomic E-state index is 0.191. The number of amides is 2. The Morgan fingerprint density at radius 1 is 0.969 bits per heavy atom. The molecule has 4 rings (SSSR count). The van der Waals surface area contributed by atoms with E-state index in [1.165, 1.54) is 11.8 Å². The highest BCUT2D eigenvalue weighted by Crippen LogP contribution is 2.27. The number of methoxy groups -OCH3 is 1. The Bertz CT molecular complexity index is 1220. The van der Waals surface area contributed by atoms with Gasteiger partial charge in [0.1, 0.15) is 11.3 Å². The van der Waals surface area contributed by atoms with Crippen molar-refractivity contribution < 1.29 is 18.7 Å². The second-order valence-corrected chi connectivity index (χ2v) is 8.22. The minimum Gasteiger partial charge on any atom is -0.495 e. The number of nitrogens with zero attached hydrogens (tertiary/aromatic N) is 1. The number of rotatable bonds is 7. The van der Waals surface area contributed by atoms with Gasteiger partial charge < -0.3 is 19.8 Å². The van der Waals surface area contributed by atoms with Crippen LogP contribution in [0.1, 0.15) is 17.3 Å². The number of ether oxygens (including phenoxy) is 1. The molecule has 8 heteroatoms. The van der Waals surface area contributed by atoms with E-state index in [4.69, 9.17) is 9.15 Å². The molecule has 2 amide bonds. The first-order valence-corrected chi connectivity index (χ1v) is 10.8. The number of benzene rings is 3. The van der Waals surface area contributed by atoms with Gasteiger partial charge in [-0.15, -0.1) is 0 Å². The molecule has 2 N–H and O–H groups in total. The average molecular weight is 448 g/mol. The highest BCUT2D eigenvalue weighted by Gasteiger charge is 2.18. The lowest BCUT2D eigenvalue weighted by atomic mass is 10.2. The monoisotopic (exact) mass is 447 g/mol. The van der Waals surface area contributed by atoms with Crippen molar-refractivity contribution in [3.63, 3.8) is 0 Å². The fraction of sp³-hybridized carbons (Fsp3) is 0.125. The standard InChI is InChI=1S/C24H21N3O4S/c1-15(32-24-27-19-8-4-6-10-21(19)31-24)22(28)25-17-13-11-16(12-14-17)23(29)26-18-7-3-5-9-20(18)30-2/h3-15H,1-2H3,(H,25,28)(H,26,29). The summed E-state index contributed by atoms with van der Waals surface area (Å²) in [6.45, 7) is 1.78. The molecular formula is C24H21N3O4S. The highest BCUT2D eigenvalue weighted by molar-refractivity contribution is 8.00. The van der Waals surface area contributed by atoms with Crippen LogP contribution < -0.4 is 15.4 Å². The van der Waals surface area contributed by atoms with Crippen molar-refractivity contribution in [2.24, 2.45) is 0 Å². The van der Waals surface area contributed by atoms with Crippen molar-refractivity contribution in [3.8, 4) is 5.75 Å². The Hall–Kier alpha value is -3.78. The summed E-state index contributed by atoms with van der Waals surface area (Å²) in [7, 11) is 1.55. The third-order valence-electron chi connectivity index (χ3n) is 4.69. The van der Waals surface area contributed by atoms with Crippen molar-refractivity contribution in [1.29, 1.82) is 0 Å². The van der Waals surface area contributed by atoms with Crippen LogP contribution in [0.2, 0.25) is 0 Å². The third kappa shape index (κ3) is 4.92. The maximum Gasteiger partial charge on any atom is 0.257 e. The number of anilines is 2. The molecule has 1 unspecified atom stereocenters. The van der Waals surface area contributed by atoms with E-state index in [-0.39, 0.29) is 11.8 Å². The van der Waals surface area contributed by atoms with Gasteiger partial charge in [0.05, 0.1) is 18.0 Å². The lowest BCUT2D eigenvalue weighted by molar-refractivity contribution is -0.115. The first kappa shape index (κ1) is 21.5. The predicted molar refractivity (Wildman–Crippen MR) is 125 cm³/mol. The first-order chi connectivity index (χ1) is 15.5. The predicted octanol–water partition coefficient (Wildman–Crippen LogP) is 5.21. The number of carbonyl (C=O) groups excluding carboxylic acids is 2. The van der Waals surface area contributed by atoms with Gasteiger partial charge in [0, 0.05) is 11.3 Å². The van der Waals surface area contributed by atoms with E-state index in [0.29, 0.717) is 33.5 Å². The summed E-state index contributed by atoms with van der Waals surface area (Å²) in [6, 6.07) is 21.3. The fourth-order valence-corrected chi connectivity index (χ4v) is 3.75. The highest BCUT2D eigenvalue weighted by atomic mass is 32.2. The van der Waals surface area contributed by atoms with E-state index < -0.39 is 5.25 Å². The van der Waals surface area contributed by atoms with Crippen LogP contribution in [-0.4, -0.2) is 29.2 Å². The molecule has 32 heavy (non-hydrogen) atoms. The number of fused-ring (bicyclic) bond motifs is 1. The SMILES string of the molecule is COc1ccccc1NC(=O)c1ccc(NC(=O)C(C)Sc2nc3ccccc3o2)cc1. The zero-order valence-corrected chi connectivity index (χ0v) is 18.3. The molecule has 1 heterocycles. The molecule has 7 nitrogen and oxygen atoms in total. The maximum absolute atomic E-state index is 12.6. The second kappa shape index (κ2) is 9.57. The summed E-state index contributed by atoms with van der Waals surface area (Å²) in [5.74, 6) is 0.117. The van der Waals surface area contributed by atoms with E-state index in [2.05, 4.69) is 15.6 Å². The molecule has 162 valence electrons. The Balaban J connectivity index is 1.36. The van der Waals surface area contributed by atoms with Gasteiger partial charge in [-0.1, -0.05) is 36.0 Å². The Labute approximate surface area is 189 Å². The van der Waals surface area contributed by atoms with Crippen LogP contribution in [0.3, 0.4) is 0 Å². The van der Waals surface area contributed by atoms with Crippen LogP contribution >= 0.6 is 11.8 Å². The molecule has 0 fully saturated rings. The smallest absolute Gasteiger partial charge is 0.257 e. The summed E-state index contributed by atoms with van der Waals surface area (Å²) in [5.41, 5.74) is 3.08. The molecule has 0 spiro atoms. The van der Waals surface area contributed by atoms with Crippen LogP contribution in [-0.2, 0) is 4.79 Å². The van der Waals surface area contributed by atoms with Crippen molar-refractivity contribution >= 4 is 46.1 Å². The van der Waals surface area contributed by atoms with E-state index in [1.54, 1.807) is 50.4 Å². The molecule has 0 aliphatic heterocycles. The largest absolute Gasteiger partial charge is 0.495 e. The number of thioether (sulfide) groups is 1. The van der Waals surface area contributed by atoms with Gasteiger partial charge in [-0.05, 0) is 55.5 Å². The molecule has 0 radical (unpaired) electrons. The molecule has 0 aliphatic rings. The summed E-state index contributed by atoms with van der Waals surface area (Å²) in [4.78, 5) is 29.5. The van der Waals surface area contributed by atoms with Crippen LogP contribution in [0.15, 0.2) is 82.4 Å². The molecule has 0 aliphatic carbocycles. The van der Waals surface area contributed by atoms with Crippen molar-refractivity contribution in [3.05, 3.63) is 78.4 Å². The first-order valence-electron chi connectivity index (χ1n) is 9.91. The van der Waals surface area contributed by atoms with Crippen LogP contribution in [0.5, 0.6) is 5.75 Å². The maximum atomic E-state index is 12.6. The lowest BCUT2D eigenvalue weighted by Crippen LogP contribution is -2.22. The van der Waals surface area contributed by atoms with Crippen LogP contribution in [0.4, 0.5) is 11.4 Å². The normalized spacial score (nSPS) is 11.7. The van der Waals surface area contributed by atoms with E-state index in [9.17, 15) is 9.59 Å². The molecule has 1 atom stereocenters. The quantitative estimate of drug-likeness (QED) is 0.378. The van der Waals surface area contributed by atoms with Gasteiger partial charge >= 0.3 is 0 Å². The lowest BCUT2D eigenvalue weighted by Gasteiger charge is -2.12. The van der Waals surface area contributed by atoms with E-state index >= 15 is 0 Å². The van der Waals surface area contributed by atoms with Crippen LogP contribution in [0, 0.1) is 0 Å². The van der Waals surface area contributed by atoms with Crippen molar-refractivity contribution in [2.45, 2.75) is 17.4 Å². The molecule has 0 saturated heterocycles. The van der Waals surface area contributed by atoms with E-state index in [0.717, 1.165) is 5.52 Å². The number of oxazole rings is 1. The Morgan fingerprint density at radius 3 is 2.44 bits per heavy atom. The van der Waals surface area contributed by atoms with Crippen LogP contribution in [0.25, 0.3) is 11.1 Å². The van der Waals surface area contributed by atoms with Gasteiger partial charge in [-0.25, -0.2) is 4.98 Å². The number of hydrogen-bond donors (Lipinski definition) is 2. The zero-order chi connectivity index (χ0) is 22.5. The van der Waals surface area contributed by atoms with Gasteiger partial charge in [-0.2, -0.15) is 0 Å². The summed E-state index contributed by atoms with van der Waals surface area (Å²) < 4.78 is 10.9. The minimum atomic E-state index is -0.420. The van der Waals surface area contributed by atoms with Gasteiger partial charge in [0.15, 0.2) is 5.58 Å². The number of para-hydroxylation sites is 4. The molecule has 0 bridgehead atoms. The second-order valence-electron chi connectivity index (χ2n) is 6.93. The summed E-state index contributed by atoms with van der Waals surface area (Å²) >= 11 is 1.24. The zero-order valence-electron chi connectivity index (χ0n) is 17.5. The fourth-order valence-electron chi connectivity index (χ4n) is 3.00. The van der Waals surface area contributed by atoms with E-state index in [1.807, 2.05) is 36.4 Å². The van der Waals surface area contributed by atoms with Gasteiger partial charge in [-0.3, -0.25) is 9.59 Å². The molecule has 3 aromatic carbocycles. The number of nitrogens with one attached hydrogen (secondary N) is 2. The summed E-state index contributed by atoms with van der Waals surface area (Å²) in [5, 5.41) is 5.69. The molecule has 1 aromatic heterocycles. The molecule has 0 saturated carbocycles. The number of hydrogen-bond acceptors (Lipinski definition) is 6. The van der Waals surface area contributed by atoms with Gasteiger partial charge in [0.25, 0.3) is 11.1 Å². The number of carbonyl (C=O) groups is 2. The average Bonchev–Trinajstić information content (AvgIpc) is 3.22. The summed E-state index contributed by atoms with van der Waals surface area (Å²) in [6.07, 6.45) is 0. The van der Waals surface area contributed by atoms with Crippen molar-refractivity contribution in [1.82, 2.24) is 4.98 Å². The third-order valence-corrected chi connectivity index (χ3v) is 5.63. The van der Waals surface area contributed by atoms with Gasteiger partial charge in [0.2, 0.25) is 5.91 Å². The Morgan fingerprint density at radius 2 is 1.69 bits per heavy atom. The molecule has 4 aromatic rings. The Kier molecular flexibility index (Phi) is 6.42. The molecular weight excluding hydrogens is 426 g/mol. The van der Waals surface area contributed by atoms with Crippen molar-refractivity contribution in [2.75, 3.05) is 17.7 Å². The number of aromatic nitrogens is 1. The topological polar surface area (TPSA) is 93.5 Å².